The van der Waals surface area contributed by atoms with E-state index in [-0.39, 0.29) is 0 Å². The SMILES string of the molecule is CC(C)[C@H]1C[C@@H]1c1ccc(OCC(F)F)cc1. The lowest BCUT2D eigenvalue weighted by atomic mass is 10.0. The van der Waals surface area contributed by atoms with Crippen molar-refractivity contribution in [1.82, 2.24) is 0 Å². The Bertz CT molecular complexity index is 359. The van der Waals surface area contributed by atoms with Crippen LogP contribution in [0.2, 0.25) is 0 Å². The zero-order chi connectivity index (χ0) is 12.4. The average molecular weight is 240 g/mol. The summed E-state index contributed by atoms with van der Waals surface area (Å²) in [6.07, 6.45) is -1.17. The van der Waals surface area contributed by atoms with Gasteiger partial charge in [0.25, 0.3) is 6.43 Å². The molecule has 94 valence electrons. The van der Waals surface area contributed by atoms with Gasteiger partial charge in [0.05, 0.1) is 0 Å². The summed E-state index contributed by atoms with van der Waals surface area (Å²) in [6.45, 7) is 3.95. The van der Waals surface area contributed by atoms with E-state index in [1.54, 1.807) is 12.1 Å². The van der Waals surface area contributed by atoms with Gasteiger partial charge in [-0.2, -0.15) is 0 Å². The standard InChI is InChI=1S/C14H18F2O/c1-9(2)12-7-13(12)10-3-5-11(6-4-10)17-8-14(15)16/h3-6,9,12-14H,7-8H2,1-2H3/t12-,13-/m1/s1. The summed E-state index contributed by atoms with van der Waals surface area (Å²) in [5.41, 5.74) is 1.30. The van der Waals surface area contributed by atoms with Gasteiger partial charge in [-0.05, 0) is 41.9 Å². The third-order valence-corrected chi connectivity index (χ3v) is 3.38. The van der Waals surface area contributed by atoms with Crippen molar-refractivity contribution < 1.29 is 13.5 Å². The molecule has 0 N–H and O–H groups in total. The lowest BCUT2D eigenvalue weighted by Gasteiger charge is -2.07. The fourth-order valence-corrected chi connectivity index (χ4v) is 2.31. The largest absolute Gasteiger partial charge is 0.488 e. The Morgan fingerprint density at radius 3 is 2.35 bits per heavy atom. The van der Waals surface area contributed by atoms with Crippen LogP contribution in [0.15, 0.2) is 24.3 Å². The Balaban J connectivity index is 1.90. The lowest BCUT2D eigenvalue weighted by molar-refractivity contribution is 0.0819. The first kappa shape index (κ1) is 12.3. The number of alkyl halides is 2. The Labute approximate surface area is 101 Å². The van der Waals surface area contributed by atoms with Gasteiger partial charge >= 0.3 is 0 Å². The summed E-state index contributed by atoms with van der Waals surface area (Å²) < 4.78 is 28.9. The quantitative estimate of drug-likeness (QED) is 0.753. The predicted octanol–water partition coefficient (Wildman–Crippen LogP) is 4.09. The smallest absolute Gasteiger partial charge is 0.272 e. The molecule has 1 aliphatic carbocycles. The molecule has 0 radical (unpaired) electrons. The Hall–Kier alpha value is -1.12. The van der Waals surface area contributed by atoms with Crippen LogP contribution >= 0.6 is 0 Å². The van der Waals surface area contributed by atoms with Crippen molar-refractivity contribution in [1.29, 1.82) is 0 Å². The van der Waals surface area contributed by atoms with Crippen molar-refractivity contribution in [3.05, 3.63) is 29.8 Å². The number of benzene rings is 1. The van der Waals surface area contributed by atoms with E-state index in [4.69, 9.17) is 4.74 Å². The van der Waals surface area contributed by atoms with Crippen LogP contribution in [0.3, 0.4) is 0 Å². The van der Waals surface area contributed by atoms with E-state index in [1.807, 2.05) is 12.1 Å². The molecule has 0 spiro atoms. The molecule has 1 saturated carbocycles. The highest BCUT2D eigenvalue weighted by atomic mass is 19.3. The Morgan fingerprint density at radius 1 is 1.24 bits per heavy atom. The molecule has 0 bridgehead atoms. The van der Waals surface area contributed by atoms with E-state index in [0.717, 1.165) is 11.8 Å². The molecule has 2 atom stereocenters. The maximum atomic E-state index is 12.0. The molecule has 1 aromatic carbocycles. The number of hydrogen-bond donors (Lipinski definition) is 0. The average Bonchev–Trinajstić information content (AvgIpc) is 3.07. The second-order valence-electron chi connectivity index (χ2n) is 5.02. The fraction of sp³-hybridized carbons (Fsp3) is 0.571. The molecule has 0 aliphatic heterocycles. The summed E-state index contributed by atoms with van der Waals surface area (Å²) in [6, 6.07) is 7.56. The molecule has 0 unspecified atom stereocenters. The Kier molecular flexibility index (Phi) is 3.65. The zero-order valence-corrected chi connectivity index (χ0v) is 10.2. The maximum absolute atomic E-state index is 12.0. The molecule has 3 heteroatoms. The minimum atomic E-state index is -2.41. The van der Waals surface area contributed by atoms with E-state index >= 15 is 0 Å². The number of hydrogen-bond acceptors (Lipinski definition) is 1. The van der Waals surface area contributed by atoms with Gasteiger partial charge in [-0.3, -0.25) is 0 Å². The maximum Gasteiger partial charge on any atom is 0.272 e. The van der Waals surface area contributed by atoms with Gasteiger partial charge in [-0.25, -0.2) is 8.78 Å². The van der Waals surface area contributed by atoms with Gasteiger partial charge in [0.15, 0.2) is 0 Å². The second kappa shape index (κ2) is 5.03. The third-order valence-electron chi connectivity index (χ3n) is 3.38. The molecule has 1 fully saturated rings. The van der Waals surface area contributed by atoms with Gasteiger partial charge < -0.3 is 4.74 Å². The van der Waals surface area contributed by atoms with Crippen LogP contribution in [0.5, 0.6) is 5.75 Å². The third kappa shape index (κ3) is 3.18. The highest BCUT2D eigenvalue weighted by Gasteiger charge is 2.39. The van der Waals surface area contributed by atoms with E-state index in [1.165, 1.54) is 12.0 Å². The minimum Gasteiger partial charge on any atom is -0.488 e. The molecule has 1 nitrogen and oxygen atoms in total. The number of ether oxygens (including phenoxy) is 1. The second-order valence-corrected chi connectivity index (χ2v) is 5.02. The van der Waals surface area contributed by atoms with Crippen LogP contribution in [-0.2, 0) is 0 Å². The van der Waals surface area contributed by atoms with Gasteiger partial charge in [0.2, 0.25) is 0 Å². The zero-order valence-electron chi connectivity index (χ0n) is 10.2. The first-order chi connectivity index (χ1) is 8.08. The van der Waals surface area contributed by atoms with Gasteiger partial charge in [0.1, 0.15) is 12.4 Å². The molecule has 1 aromatic rings. The van der Waals surface area contributed by atoms with E-state index in [9.17, 15) is 8.78 Å². The van der Waals surface area contributed by atoms with Crippen molar-refractivity contribution in [2.24, 2.45) is 11.8 Å². The van der Waals surface area contributed by atoms with Crippen molar-refractivity contribution in [3.8, 4) is 5.75 Å². The van der Waals surface area contributed by atoms with Crippen molar-refractivity contribution in [2.45, 2.75) is 32.6 Å². The first-order valence-corrected chi connectivity index (χ1v) is 6.09. The Morgan fingerprint density at radius 2 is 1.88 bits per heavy atom. The van der Waals surface area contributed by atoms with Crippen molar-refractivity contribution in [2.75, 3.05) is 6.61 Å². The molecule has 0 saturated heterocycles. The predicted molar refractivity (Wildman–Crippen MR) is 63.6 cm³/mol. The van der Waals surface area contributed by atoms with Crippen molar-refractivity contribution in [3.63, 3.8) is 0 Å². The summed E-state index contributed by atoms with van der Waals surface area (Å²) in [4.78, 5) is 0. The molecule has 0 heterocycles. The molecule has 0 amide bonds. The molecule has 1 aliphatic rings. The van der Waals surface area contributed by atoms with E-state index in [2.05, 4.69) is 13.8 Å². The summed E-state index contributed by atoms with van der Waals surface area (Å²) in [5, 5.41) is 0. The number of rotatable bonds is 5. The van der Waals surface area contributed by atoms with Gasteiger partial charge in [-0.1, -0.05) is 26.0 Å². The summed E-state index contributed by atoms with van der Waals surface area (Å²) >= 11 is 0. The van der Waals surface area contributed by atoms with E-state index < -0.39 is 13.0 Å². The van der Waals surface area contributed by atoms with Crippen LogP contribution in [0.4, 0.5) is 8.78 Å². The highest BCUT2D eigenvalue weighted by molar-refractivity contribution is 5.32. The lowest BCUT2D eigenvalue weighted by Crippen LogP contribution is -2.06. The van der Waals surface area contributed by atoms with Crippen LogP contribution in [0.1, 0.15) is 31.7 Å². The first-order valence-electron chi connectivity index (χ1n) is 6.09. The number of halogens is 2. The van der Waals surface area contributed by atoms with Gasteiger partial charge in [0, 0.05) is 0 Å². The van der Waals surface area contributed by atoms with Crippen LogP contribution in [0, 0.1) is 11.8 Å². The summed E-state index contributed by atoms with van der Waals surface area (Å²) in [5.74, 6) is 2.67. The molecular formula is C14H18F2O. The molecule has 17 heavy (non-hydrogen) atoms. The normalized spacial score (nSPS) is 23.2. The molecule has 2 rings (SSSR count). The summed E-state index contributed by atoms with van der Waals surface area (Å²) in [7, 11) is 0. The molecule has 0 aromatic heterocycles. The topological polar surface area (TPSA) is 9.23 Å². The van der Waals surface area contributed by atoms with Gasteiger partial charge in [-0.15, -0.1) is 0 Å². The minimum absolute atomic E-state index is 0.524. The molecular weight excluding hydrogens is 222 g/mol. The van der Waals surface area contributed by atoms with Crippen LogP contribution in [0.25, 0.3) is 0 Å². The van der Waals surface area contributed by atoms with Crippen LogP contribution < -0.4 is 4.74 Å². The highest BCUT2D eigenvalue weighted by Crippen LogP contribution is 2.51. The monoisotopic (exact) mass is 240 g/mol. The van der Waals surface area contributed by atoms with Crippen molar-refractivity contribution >= 4 is 0 Å². The van der Waals surface area contributed by atoms with Crippen LogP contribution in [-0.4, -0.2) is 13.0 Å². The fourth-order valence-electron chi connectivity index (χ4n) is 2.31. The van der Waals surface area contributed by atoms with E-state index in [0.29, 0.717) is 11.7 Å².